The minimum absolute atomic E-state index is 0.0906. The topological polar surface area (TPSA) is 188 Å². The molecule has 0 saturated heterocycles. The molecule has 24 heteroatoms. The molecule has 74 heavy (non-hydrogen) atoms. The molecule has 6 heterocycles. The molecule has 14 nitrogen and oxygen atoms in total. The molecule has 2 N–H and O–H groups in total. The third-order valence-corrected chi connectivity index (χ3v) is 14.4. The number of nitrogens with zero attached hydrogens (tertiary/aromatic N) is 6. The summed E-state index contributed by atoms with van der Waals surface area (Å²) in [6, 6.07) is 23.3. The quantitative estimate of drug-likeness (QED) is 0.124. The van der Waals surface area contributed by atoms with E-state index in [1.165, 1.54) is 73.3 Å². The molecule has 0 amide bonds. The van der Waals surface area contributed by atoms with Crippen LogP contribution in [0.15, 0.2) is 156 Å². The van der Waals surface area contributed by atoms with Gasteiger partial charge < -0.3 is 9.47 Å². The van der Waals surface area contributed by atoms with E-state index in [4.69, 9.17) is 9.47 Å². The van der Waals surface area contributed by atoms with Gasteiger partial charge in [-0.15, -0.1) is 0 Å². The summed E-state index contributed by atoms with van der Waals surface area (Å²) in [4.78, 5) is 23.2. The van der Waals surface area contributed by atoms with Gasteiger partial charge in [0, 0.05) is 71.0 Å². The monoisotopic (exact) mass is 1060 g/mol. The smallest absolute Gasteiger partial charge is 0.416 e. The molecule has 0 spiro atoms. The third kappa shape index (κ3) is 11.2. The van der Waals surface area contributed by atoms with Crippen molar-refractivity contribution in [2.75, 3.05) is 22.7 Å². The predicted molar refractivity (Wildman–Crippen MR) is 252 cm³/mol. The Morgan fingerprint density at radius 3 is 1.20 bits per heavy atom. The highest BCUT2D eigenvalue weighted by Gasteiger charge is 2.36. The Bertz CT molecular complexity index is 3330. The summed E-state index contributed by atoms with van der Waals surface area (Å²) in [5, 5.41) is 0. The molecule has 2 atom stereocenters. The molecular formula is C50H36F8N8O6S2. The second kappa shape index (κ2) is 20.4. The second-order valence-corrected chi connectivity index (χ2v) is 19.8. The molecule has 0 fully saturated rings. The van der Waals surface area contributed by atoms with Gasteiger partial charge in [-0.3, -0.25) is 9.97 Å². The van der Waals surface area contributed by atoms with Gasteiger partial charge in [0.1, 0.15) is 23.1 Å². The molecular weight excluding hydrogens is 1020 g/mol. The number of benzene rings is 4. The van der Waals surface area contributed by atoms with Crippen molar-refractivity contribution < 1.29 is 61.4 Å². The first-order chi connectivity index (χ1) is 35.2. The van der Waals surface area contributed by atoms with Crippen LogP contribution in [0.3, 0.4) is 0 Å². The summed E-state index contributed by atoms with van der Waals surface area (Å²) in [5.74, 6) is -1.70. The number of sulfonamides is 2. The lowest BCUT2D eigenvalue weighted by atomic mass is 9.83. The molecule has 0 aliphatic carbocycles. The average molecular weight is 1060 g/mol. The van der Waals surface area contributed by atoms with E-state index in [1.54, 1.807) is 24.3 Å². The SMILES string of the molecule is O=S(=O)(Nc1ncccn1)c1ccc2c(c1)OCC[C@@H]2c1ccc(C(F)(F)F)cc1-c1ccc(F)cn1.O=S(=O)(Nc1ncccn1)c1ccc2c(c1)OCC[C@H]2c1ccc(C(F)(F)F)cc1-c1ccc(F)cn1. The number of hydrogen-bond donors (Lipinski definition) is 2. The maximum Gasteiger partial charge on any atom is 0.416 e. The van der Waals surface area contributed by atoms with Gasteiger partial charge in [-0.2, -0.15) is 26.3 Å². The third-order valence-electron chi connectivity index (χ3n) is 11.8. The van der Waals surface area contributed by atoms with Crippen LogP contribution >= 0.6 is 0 Å². The lowest BCUT2D eigenvalue weighted by Crippen LogP contribution is -2.19. The lowest BCUT2D eigenvalue weighted by Gasteiger charge is -2.28. The Morgan fingerprint density at radius 1 is 0.473 bits per heavy atom. The molecule has 0 bridgehead atoms. The van der Waals surface area contributed by atoms with Crippen LogP contribution in [-0.2, 0) is 32.4 Å². The van der Waals surface area contributed by atoms with Crippen LogP contribution in [0.25, 0.3) is 22.5 Å². The van der Waals surface area contributed by atoms with Crippen LogP contribution in [0.2, 0.25) is 0 Å². The maximum absolute atomic E-state index is 13.5. The number of fused-ring (bicyclic) bond motifs is 2. The first-order valence-electron chi connectivity index (χ1n) is 22.0. The molecule has 380 valence electrons. The van der Waals surface area contributed by atoms with Gasteiger partial charge in [-0.25, -0.2) is 55.0 Å². The van der Waals surface area contributed by atoms with Gasteiger partial charge in [-0.1, -0.05) is 24.3 Å². The number of pyridine rings is 2. The summed E-state index contributed by atoms with van der Waals surface area (Å²) in [6.07, 6.45) is -0.864. The molecule has 2 aliphatic rings. The van der Waals surface area contributed by atoms with Gasteiger partial charge >= 0.3 is 12.4 Å². The Morgan fingerprint density at radius 2 is 0.851 bits per heavy atom. The van der Waals surface area contributed by atoms with Gasteiger partial charge in [0.05, 0.1) is 57.9 Å². The number of anilines is 2. The fourth-order valence-corrected chi connectivity index (χ4v) is 10.3. The minimum atomic E-state index is -4.58. The molecule has 10 rings (SSSR count). The molecule has 4 aromatic carbocycles. The van der Waals surface area contributed by atoms with Crippen LogP contribution in [-0.4, -0.2) is 60.0 Å². The predicted octanol–water partition coefficient (Wildman–Crippen LogP) is 10.8. The molecule has 8 aromatic rings. The van der Waals surface area contributed by atoms with Gasteiger partial charge in [0.25, 0.3) is 20.0 Å². The summed E-state index contributed by atoms with van der Waals surface area (Å²) >= 11 is 0. The Hall–Kier alpha value is -8.12. The average Bonchev–Trinajstić information content (AvgIpc) is 3.39. The second-order valence-electron chi connectivity index (χ2n) is 16.5. The van der Waals surface area contributed by atoms with E-state index < -0.39 is 67.0 Å². The molecule has 0 radical (unpaired) electrons. The normalized spacial score (nSPS) is 15.5. The first-order valence-corrected chi connectivity index (χ1v) is 25.0. The molecule has 0 saturated carbocycles. The Kier molecular flexibility index (Phi) is 14.0. The summed E-state index contributed by atoms with van der Waals surface area (Å²) in [5.41, 5.74) is 1.31. The van der Waals surface area contributed by atoms with Gasteiger partial charge in [0.2, 0.25) is 11.9 Å². The molecule has 0 unspecified atom stereocenters. The first kappa shape index (κ1) is 50.8. The highest BCUT2D eigenvalue weighted by Crippen LogP contribution is 2.46. The van der Waals surface area contributed by atoms with Gasteiger partial charge in [0.15, 0.2) is 0 Å². The number of nitrogens with one attached hydrogen (secondary N) is 2. The number of alkyl halides is 6. The summed E-state index contributed by atoms with van der Waals surface area (Å²) in [6.45, 7) is 0.404. The van der Waals surface area contributed by atoms with E-state index >= 15 is 0 Å². The van der Waals surface area contributed by atoms with E-state index in [0.29, 0.717) is 35.1 Å². The van der Waals surface area contributed by atoms with Crippen molar-refractivity contribution in [3.63, 3.8) is 0 Å². The van der Waals surface area contributed by atoms with Crippen molar-refractivity contribution in [1.82, 2.24) is 29.9 Å². The minimum Gasteiger partial charge on any atom is -0.493 e. The molecule has 4 aromatic heterocycles. The standard InChI is InChI=1S/2C25H18F4N4O3S/c2*26-16-3-7-22(32-14-16)21-12-15(25(27,28)29)2-5-18(21)19-8-11-36-23-13-17(4-6-20(19)23)37(34,35)33-24-30-9-1-10-31-24/h2*1-7,9-10,12-14,19H,8,11H2,(H,30,31,33)/t2*19-/m10/s1. The number of rotatable bonds is 10. The molecule has 2 aliphatic heterocycles. The van der Waals surface area contributed by atoms with E-state index in [2.05, 4.69) is 39.3 Å². The van der Waals surface area contributed by atoms with E-state index in [0.717, 1.165) is 48.8 Å². The largest absolute Gasteiger partial charge is 0.493 e. The van der Waals surface area contributed by atoms with Crippen LogP contribution < -0.4 is 18.9 Å². The zero-order valence-electron chi connectivity index (χ0n) is 37.8. The maximum atomic E-state index is 13.5. The highest BCUT2D eigenvalue weighted by molar-refractivity contribution is 7.93. The number of ether oxygens (including phenoxy) is 2. The lowest BCUT2D eigenvalue weighted by molar-refractivity contribution is -0.138. The van der Waals surface area contributed by atoms with Crippen LogP contribution in [0, 0.1) is 11.6 Å². The van der Waals surface area contributed by atoms with Crippen LogP contribution in [0.5, 0.6) is 11.5 Å². The Labute approximate surface area is 416 Å². The fraction of sp³-hybridized carbons (Fsp3) is 0.160. The number of aromatic nitrogens is 6. The number of halogens is 8. The van der Waals surface area contributed by atoms with Crippen LogP contribution in [0.1, 0.15) is 58.1 Å². The van der Waals surface area contributed by atoms with Crippen molar-refractivity contribution in [3.8, 4) is 34.0 Å². The van der Waals surface area contributed by atoms with Crippen molar-refractivity contribution in [1.29, 1.82) is 0 Å². The zero-order chi connectivity index (χ0) is 52.4. The van der Waals surface area contributed by atoms with E-state index in [-0.39, 0.29) is 68.9 Å². The van der Waals surface area contributed by atoms with Crippen molar-refractivity contribution in [3.05, 3.63) is 191 Å². The van der Waals surface area contributed by atoms with Crippen molar-refractivity contribution >= 4 is 31.9 Å². The van der Waals surface area contributed by atoms with Crippen molar-refractivity contribution in [2.45, 2.75) is 46.8 Å². The van der Waals surface area contributed by atoms with Gasteiger partial charge in [-0.05, 0) is 96.8 Å². The van der Waals surface area contributed by atoms with Crippen LogP contribution in [0.4, 0.5) is 47.0 Å². The van der Waals surface area contributed by atoms with E-state index in [1.807, 2.05) is 0 Å². The summed E-state index contributed by atoms with van der Waals surface area (Å²) in [7, 11) is -8.06. The summed E-state index contributed by atoms with van der Waals surface area (Å²) < 4.78 is 175. The number of hydrogen-bond acceptors (Lipinski definition) is 12. The fourth-order valence-electron chi connectivity index (χ4n) is 8.37. The zero-order valence-corrected chi connectivity index (χ0v) is 39.4. The highest BCUT2D eigenvalue weighted by atomic mass is 32.2. The van der Waals surface area contributed by atoms with E-state index in [9.17, 15) is 52.0 Å². The van der Waals surface area contributed by atoms with Crippen molar-refractivity contribution in [2.24, 2.45) is 0 Å². The Balaban J connectivity index is 0.000000182.